The van der Waals surface area contributed by atoms with Crippen LogP contribution < -0.4 is 5.32 Å². The number of aromatic hydroxyl groups is 1. The number of hydrogen-bond donors (Lipinski definition) is 2. The molecule has 0 saturated heterocycles. The van der Waals surface area contributed by atoms with Crippen LogP contribution in [0.25, 0.3) is 32.4 Å². The lowest BCUT2D eigenvalue weighted by Gasteiger charge is -2.15. The van der Waals surface area contributed by atoms with Crippen LogP contribution in [0.2, 0.25) is 0 Å². The maximum Gasteiger partial charge on any atom is 0.134 e. The third kappa shape index (κ3) is 2.85. The molecule has 1 aromatic heterocycles. The zero-order chi connectivity index (χ0) is 17.4. The third-order valence-corrected chi connectivity index (χ3v) is 4.52. The maximum atomic E-state index is 9.93. The summed E-state index contributed by atoms with van der Waals surface area (Å²) in [6, 6.07) is 18.0. The average molecular weight is 331 g/mol. The van der Waals surface area contributed by atoms with Crippen LogP contribution >= 0.6 is 0 Å². The van der Waals surface area contributed by atoms with Gasteiger partial charge in [0.2, 0.25) is 0 Å². The Balaban J connectivity index is 1.98. The normalized spacial score (nSPS) is 11.6. The topological polar surface area (TPSA) is 48.4 Å². The number of nitrogens with zero attached hydrogens (tertiary/aromatic N) is 2. The third-order valence-electron chi connectivity index (χ3n) is 4.52. The van der Waals surface area contributed by atoms with E-state index in [0.29, 0.717) is 0 Å². The Labute approximate surface area is 146 Å². The molecule has 25 heavy (non-hydrogen) atoms. The van der Waals surface area contributed by atoms with Gasteiger partial charge in [0.25, 0.3) is 0 Å². The molecule has 0 spiro atoms. The lowest BCUT2D eigenvalue weighted by molar-refractivity contribution is 0.425. The molecule has 0 saturated carbocycles. The largest absolute Gasteiger partial charge is 0.508 e. The second-order valence-corrected chi connectivity index (χ2v) is 6.60. The minimum absolute atomic E-state index is 0.261. The summed E-state index contributed by atoms with van der Waals surface area (Å²) in [5.41, 5.74) is 0.916. The van der Waals surface area contributed by atoms with Crippen LogP contribution in [0.5, 0.6) is 5.75 Å². The van der Waals surface area contributed by atoms with E-state index >= 15 is 0 Å². The van der Waals surface area contributed by atoms with E-state index in [1.807, 2.05) is 12.1 Å². The summed E-state index contributed by atoms with van der Waals surface area (Å²) in [5, 5.41) is 18.8. The van der Waals surface area contributed by atoms with Crippen molar-refractivity contribution in [2.45, 2.75) is 0 Å². The van der Waals surface area contributed by atoms with Crippen molar-refractivity contribution < 1.29 is 5.11 Å². The van der Waals surface area contributed by atoms with Crippen LogP contribution in [0.3, 0.4) is 0 Å². The lowest BCUT2D eigenvalue weighted by atomic mass is 10.0. The fourth-order valence-electron chi connectivity index (χ4n) is 3.26. The number of hydrogen-bond acceptors (Lipinski definition) is 4. The number of likely N-dealkylation sites (N-methyl/N-ethyl adjacent to an activating group) is 1. The van der Waals surface area contributed by atoms with Crippen molar-refractivity contribution >= 4 is 38.3 Å². The van der Waals surface area contributed by atoms with Gasteiger partial charge in [-0.1, -0.05) is 42.5 Å². The van der Waals surface area contributed by atoms with Gasteiger partial charge in [-0.3, -0.25) is 0 Å². The van der Waals surface area contributed by atoms with Crippen LogP contribution in [0, 0.1) is 0 Å². The zero-order valence-electron chi connectivity index (χ0n) is 14.5. The number of phenols is 1. The number of rotatable bonds is 4. The van der Waals surface area contributed by atoms with E-state index in [4.69, 9.17) is 4.98 Å². The monoisotopic (exact) mass is 331 g/mol. The SMILES string of the molecule is CN(C)CCNc1nc2c3cc(O)ccc3ccc2c2ccccc12. The molecule has 0 aliphatic carbocycles. The smallest absolute Gasteiger partial charge is 0.134 e. The van der Waals surface area contributed by atoms with E-state index in [9.17, 15) is 5.11 Å². The first-order valence-corrected chi connectivity index (χ1v) is 8.46. The van der Waals surface area contributed by atoms with Crippen molar-refractivity contribution in [3.8, 4) is 5.75 Å². The van der Waals surface area contributed by atoms with E-state index in [0.717, 1.165) is 46.0 Å². The highest BCUT2D eigenvalue weighted by Gasteiger charge is 2.11. The van der Waals surface area contributed by atoms with Gasteiger partial charge in [0.1, 0.15) is 11.6 Å². The van der Waals surface area contributed by atoms with Crippen molar-refractivity contribution in [3.63, 3.8) is 0 Å². The molecule has 0 amide bonds. The molecule has 0 radical (unpaired) electrons. The number of fused-ring (bicyclic) bond motifs is 5. The minimum atomic E-state index is 0.261. The Kier molecular flexibility index (Phi) is 3.90. The van der Waals surface area contributed by atoms with Crippen molar-refractivity contribution in [1.82, 2.24) is 9.88 Å². The minimum Gasteiger partial charge on any atom is -0.508 e. The molecular weight excluding hydrogens is 310 g/mol. The molecule has 3 aromatic carbocycles. The van der Waals surface area contributed by atoms with Gasteiger partial charge in [-0.05, 0) is 37.0 Å². The molecular formula is C21H21N3O. The van der Waals surface area contributed by atoms with E-state index in [-0.39, 0.29) is 5.75 Å². The Morgan fingerprint density at radius 2 is 1.68 bits per heavy atom. The molecule has 0 aliphatic heterocycles. The van der Waals surface area contributed by atoms with Crippen molar-refractivity contribution in [3.05, 3.63) is 54.6 Å². The molecule has 4 rings (SSSR count). The van der Waals surface area contributed by atoms with Crippen LogP contribution in [0.4, 0.5) is 5.82 Å². The summed E-state index contributed by atoms with van der Waals surface area (Å²) in [5.74, 6) is 1.15. The predicted molar refractivity (Wildman–Crippen MR) is 105 cm³/mol. The quantitative estimate of drug-likeness (QED) is 0.550. The van der Waals surface area contributed by atoms with Gasteiger partial charge in [0, 0.05) is 29.2 Å². The Morgan fingerprint density at radius 1 is 0.920 bits per heavy atom. The highest BCUT2D eigenvalue weighted by atomic mass is 16.3. The van der Waals surface area contributed by atoms with Gasteiger partial charge in [-0.15, -0.1) is 0 Å². The predicted octanol–water partition coefficient (Wildman–Crippen LogP) is 4.22. The van der Waals surface area contributed by atoms with Gasteiger partial charge in [-0.25, -0.2) is 4.98 Å². The molecule has 4 nitrogen and oxygen atoms in total. The highest BCUT2D eigenvalue weighted by molar-refractivity contribution is 6.17. The second-order valence-electron chi connectivity index (χ2n) is 6.60. The fourth-order valence-corrected chi connectivity index (χ4v) is 3.26. The molecule has 4 aromatic rings. The Bertz CT molecular complexity index is 1070. The van der Waals surface area contributed by atoms with Crippen molar-refractivity contribution in [1.29, 1.82) is 0 Å². The summed E-state index contributed by atoms with van der Waals surface area (Å²) in [7, 11) is 4.12. The Morgan fingerprint density at radius 3 is 2.48 bits per heavy atom. The number of phenolic OH excluding ortho intramolecular Hbond substituents is 1. The summed E-state index contributed by atoms with van der Waals surface area (Å²) >= 11 is 0. The van der Waals surface area contributed by atoms with Crippen LogP contribution in [-0.2, 0) is 0 Å². The number of anilines is 1. The van der Waals surface area contributed by atoms with Crippen LogP contribution in [-0.4, -0.2) is 42.2 Å². The number of benzene rings is 3. The molecule has 126 valence electrons. The number of nitrogens with one attached hydrogen (secondary N) is 1. The average Bonchev–Trinajstić information content (AvgIpc) is 2.61. The van der Waals surface area contributed by atoms with Crippen molar-refractivity contribution in [2.24, 2.45) is 0 Å². The lowest BCUT2D eigenvalue weighted by Crippen LogP contribution is -2.21. The maximum absolute atomic E-state index is 9.93. The van der Waals surface area contributed by atoms with Gasteiger partial charge in [0.05, 0.1) is 5.52 Å². The molecule has 0 atom stereocenters. The van der Waals surface area contributed by atoms with E-state index in [2.05, 4.69) is 54.6 Å². The summed E-state index contributed by atoms with van der Waals surface area (Å²) in [6.45, 7) is 1.76. The summed E-state index contributed by atoms with van der Waals surface area (Å²) in [6.07, 6.45) is 0. The molecule has 2 N–H and O–H groups in total. The molecule has 4 heteroatoms. The fraction of sp³-hybridized carbons (Fsp3) is 0.190. The van der Waals surface area contributed by atoms with Crippen LogP contribution in [0.15, 0.2) is 54.6 Å². The van der Waals surface area contributed by atoms with Gasteiger partial charge >= 0.3 is 0 Å². The number of pyridine rings is 1. The first-order chi connectivity index (χ1) is 12.1. The Hall–Kier alpha value is -2.85. The highest BCUT2D eigenvalue weighted by Crippen LogP contribution is 2.34. The first-order valence-electron chi connectivity index (χ1n) is 8.46. The zero-order valence-corrected chi connectivity index (χ0v) is 14.5. The number of aromatic nitrogens is 1. The molecule has 0 aliphatic rings. The van der Waals surface area contributed by atoms with Gasteiger partial charge < -0.3 is 15.3 Å². The molecule has 0 bridgehead atoms. The van der Waals surface area contributed by atoms with E-state index in [1.165, 1.54) is 5.39 Å². The van der Waals surface area contributed by atoms with E-state index < -0.39 is 0 Å². The second kappa shape index (κ2) is 6.22. The summed E-state index contributed by atoms with van der Waals surface area (Å²) in [4.78, 5) is 7.07. The standard InChI is InChI=1S/C21H21N3O/c1-24(2)12-11-22-21-18-6-4-3-5-16(18)17-10-8-14-7-9-15(25)13-19(14)20(17)23-21/h3-10,13,25H,11-12H2,1-2H3,(H,22,23). The van der Waals surface area contributed by atoms with Gasteiger partial charge in [-0.2, -0.15) is 0 Å². The summed E-state index contributed by atoms with van der Waals surface area (Å²) < 4.78 is 0. The first kappa shape index (κ1) is 15.7. The van der Waals surface area contributed by atoms with E-state index in [1.54, 1.807) is 12.1 Å². The molecule has 0 fully saturated rings. The molecule has 1 heterocycles. The van der Waals surface area contributed by atoms with Crippen molar-refractivity contribution in [2.75, 3.05) is 32.5 Å². The van der Waals surface area contributed by atoms with Crippen LogP contribution in [0.1, 0.15) is 0 Å². The molecule has 0 unspecified atom stereocenters. The van der Waals surface area contributed by atoms with Gasteiger partial charge in [0.15, 0.2) is 0 Å².